The Labute approximate surface area is 244 Å². The van der Waals surface area contributed by atoms with Crippen molar-refractivity contribution in [2.45, 2.75) is 51.0 Å². The second-order valence-corrected chi connectivity index (χ2v) is 11.7. The second kappa shape index (κ2) is 13.5. The molecular weight excluding hydrogens is 541 g/mol. The second-order valence-electron chi connectivity index (χ2n) is 10.9. The van der Waals surface area contributed by atoms with Crippen LogP contribution >= 0.6 is 0 Å². The molecule has 1 amide bonds. The van der Waals surface area contributed by atoms with E-state index in [1.165, 1.54) is 16.8 Å². The molecule has 0 bridgehead atoms. The first-order chi connectivity index (χ1) is 19.9. The standard InChI is InChI=1S/C32H38FN3O4S/c1-40-29-14-9-25(10-15-29)24-7-12-28(13-8-24)36(41(38)39)31(21-23-5-3-2-4-6-23)32(37)34-18-20-35-19-17-26-22-27(33)11-16-30(26)35/h7-16,22-23,31H,2-6,17-21H2,1H3,(H,34,37)(H,38,39)/p-1. The summed E-state index contributed by atoms with van der Waals surface area (Å²) >= 11 is -2.64. The van der Waals surface area contributed by atoms with Crippen molar-refractivity contribution in [1.29, 1.82) is 0 Å². The van der Waals surface area contributed by atoms with Crippen LogP contribution in [0.1, 0.15) is 44.1 Å². The summed E-state index contributed by atoms with van der Waals surface area (Å²) in [6.45, 7) is 1.70. The van der Waals surface area contributed by atoms with Crippen LogP contribution in [-0.2, 0) is 22.5 Å². The fourth-order valence-corrected chi connectivity index (χ4v) is 6.79. The predicted molar refractivity (Wildman–Crippen MR) is 160 cm³/mol. The Hall–Kier alpha value is -3.43. The van der Waals surface area contributed by atoms with E-state index in [9.17, 15) is 17.9 Å². The number of nitrogens with one attached hydrogen (secondary N) is 1. The van der Waals surface area contributed by atoms with Crippen molar-refractivity contribution in [3.8, 4) is 16.9 Å². The third-order valence-electron chi connectivity index (χ3n) is 8.29. The van der Waals surface area contributed by atoms with Gasteiger partial charge in [-0.15, -0.1) is 0 Å². The summed E-state index contributed by atoms with van der Waals surface area (Å²) in [5.74, 6) is 0.520. The SMILES string of the molecule is COc1ccc(-c2ccc(N(C(CC3CCCCC3)C(=O)NCCN3CCc4cc(F)ccc43)S(=O)[O-])cc2)cc1. The Morgan fingerprint density at radius 2 is 1.76 bits per heavy atom. The van der Waals surface area contributed by atoms with Gasteiger partial charge in [0, 0.05) is 42.3 Å². The number of anilines is 2. The Morgan fingerprint density at radius 1 is 1.07 bits per heavy atom. The predicted octanol–water partition coefficient (Wildman–Crippen LogP) is 5.62. The van der Waals surface area contributed by atoms with Crippen molar-refractivity contribution in [2.24, 2.45) is 5.92 Å². The summed E-state index contributed by atoms with van der Waals surface area (Å²) in [4.78, 5) is 15.8. The number of hydrogen-bond donors (Lipinski definition) is 1. The van der Waals surface area contributed by atoms with Crippen LogP contribution in [0.5, 0.6) is 5.75 Å². The van der Waals surface area contributed by atoms with Gasteiger partial charge in [0.1, 0.15) is 17.6 Å². The molecule has 2 unspecified atom stereocenters. The molecule has 1 aliphatic carbocycles. The van der Waals surface area contributed by atoms with E-state index in [1.807, 2.05) is 36.4 Å². The Morgan fingerprint density at radius 3 is 2.41 bits per heavy atom. The zero-order chi connectivity index (χ0) is 28.8. The number of ether oxygens (including phenoxy) is 1. The number of rotatable bonds is 11. The molecule has 1 N–H and O–H groups in total. The van der Waals surface area contributed by atoms with Crippen LogP contribution in [0.25, 0.3) is 11.1 Å². The highest BCUT2D eigenvalue weighted by atomic mass is 32.2. The average molecular weight is 579 g/mol. The highest BCUT2D eigenvalue weighted by molar-refractivity contribution is 7.80. The summed E-state index contributed by atoms with van der Waals surface area (Å²) < 4.78 is 45.4. The Kier molecular flexibility index (Phi) is 9.57. The first kappa shape index (κ1) is 29.1. The summed E-state index contributed by atoms with van der Waals surface area (Å²) in [6, 6.07) is 18.9. The number of amides is 1. The van der Waals surface area contributed by atoms with Gasteiger partial charge in [0.15, 0.2) is 0 Å². The van der Waals surface area contributed by atoms with Crippen LogP contribution in [0.2, 0.25) is 0 Å². The highest BCUT2D eigenvalue weighted by Gasteiger charge is 2.31. The van der Waals surface area contributed by atoms with E-state index in [1.54, 1.807) is 31.4 Å². The lowest BCUT2D eigenvalue weighted by Crippen LogP contribution is -2.50. The molecule has 1 fully saturated rings. The Bertz CT molecular complexity index is 1350. The van der Waals surface area contributed by atoms with Gasteiger partial charge in [0.05, 0.1) is 7.11 Å². The van der Waals surface area contributed by atoms with E-state index in [0.717, 1.165) is 66.8 Å². The maximum Gasteiger partial charge on any atom is 0.243 e. The summed E-state index contributed by atoms with van der Waals surface area (Å²) in [6.07, 6.45) is 6.63. The number of nitrogens with zero attached hydrogens (tertiary/aromatic N) is 2. The van der Waals surface area contributed by atoms with E-state index in [4.69, 9.17) is 4.74 Å². The monoisotopic (exact) mass is 578 g/mol. The summed E-state index contributed by atoms with van der Waals surface area (Å²) in [5.41, 5.74) is 4.33. The first-order valence-corrected chi connectivity index (χ1v) is 15.4. The summed E-state index contributed by atoms with van der Waals surface area (Å²) in [7, 11) is 1.62. The fraction of sp³-hybridized carbons (Fsp3) is 0.406. The largest absolute Gasteiger partial charge is 0.755 e. The number of carbonyl (C=O) groups excluding carboxylic acids is 1. The van der Waals surface area contributed by atoms with Crippen LogP contribution in [0.3, 0.4) is 0 Å². The molecular formula is C32H37FN3O4S-. The number of carbonyl (C=O) groups is 1. The zero-order valence-electron chi connectivity index (χ0n) is 23.4. The van der Waals surface area contributed by atoms with Crippen molar-refractivity contribution < 1.29 is 22.7 Å². The van der Waals surface area contributed by atoms with E-state index < -0.39 is 17.3 Å². The van der Waals surface area contributed by atoms with E-state index >= 15 is 0 Å². The molecule has 1 heterocycles. The quantitative estimate of drug-likeness (QED) is 0.299. The third kappa shape index (κ3) is 7.08. The third-order valence-corrected chi connectivity index (χ3v) is 9.07. The van der Waals surface area contributed by atoms with Crippen LogP contribution in [-0.4, -0.2) is 47.5 Å². The van der Waals surface area contributed by atoms with Gasteiger partial charge in [-0.25, -0.2) is 4.39 Å². The number of fused-ring (bicyclic) bond motifs is 1. The molecule has 3 aromatic rings. The smallest absolute Gasteiger partial charge is 0.243 e. The molecule has 1 aliphatic heterocycles. The molecule has 9 heteroatoms. The van der Waals surface area contributed by atoms with Gasteiger partial charge >= 0.3 is 0 Å². The van der Waals surface area contributed by atoms with Gasteiger partial charge in [-0.05, 0) is 77.9 Å². The minimum atomic E-state index is -2.64. The van der Waals surface area contributed by atoms with Gasteiger partial charge < -0.3 is 19.5 Å². The van der Waals surface area contributed by atoms with E-state index in [0.29, 0.717) is 31.1 Å². The van der Waals surface area contributed by atoms with Crippen molar-refractivity contribution in [1.82, 2.24) is 5.32 Å². The molecule has 0 saturated heterocycles. The first-order valence-electron chi connectivity index (χ1n) is 14.4. The molecule has 2 aliphatic rings. The lowest BCUT2D eigenvalue weighted by molar-refractivity contribution is -0.122. The topological polar surface area (TPSA) is 84.9 Å². The minimum Gasteiger partial charge on any atom is -0.755 e. The Balaban J connectivity index is 1.31. The minimum absolute atomic E-state index is 0.243. The van der Waals surface area contributed by atoms with Gasteiger partial charge in [-0.2, -0.15) is 0 Å². The summed E-state index contributed by atoms with van der Waals surface area (Å²) in [5, 5.41) is 3.01. The van der Waals surface area contributed by atoms with Gasteiger partial charge in [-0.3, -0.25) is 13.3 Å². The molecule has 41 heavy (non-hydrogen) atoms. The van der Waals surface area contributed by atoms with Gasteiger partial charge in [0.25, 0.3) is 0 Å². The van der Waals surface area contributed by atoms with Crippen molar-refractivity contribution >= 4 is 28.5 Å². The molecule has 7 nitrogen and oxygen atoms in total. The van der Waals surface area contributed by atoms with Crippen LogP contribution in [0.15, 0.2) is 66.7 Å². The molecule has 1 saturated carbocycles. The molecule has 3 aromatic carbocycles. The highest BCUT2D eigenvalue weighted by Crippen LogP contribution is 2.32. The lowest BCUT2D eigenvalue weighted by Gasteiger charge is -2.36. The fourth-order valence-electron chi connectivity index (χ4n) is 6.10. The molecule has 0 spiro atoms. The van der Waals surface area contributed by atoms with Crippen LogP contribution < -0.4 is 19.3 Å². The maximum atomic E-state index is 13.6. The van der Waals surface area contributed by atoms with Crippen LogP contribution in [0.4, 0.5) is 15.8 Å². The molecule has 0 radical (unpaired) electrons. The van der Waals surface area contributed by atoms with Crippen molar-refractivity contribution in [3.63, 3.8) is 0 Å². The van der Waals surface area contributed by atoms with Gasteiger partial charge in [-0.1, -0.05) is 56.4 Å². The number of hydrogen-bond acceptors (Lipinski definition) is 5. The molecule has 2 atom stereocenters. The maximum absolute atomic E-state index is 13.6. The molecule has 0 aromatic heterocycles. The van der Waals surface area contributed by atoms with E-state index in [2.05, 4.69) is 10.2 Å². The lowest BCUT2D eigenvalue weighted by atomic mass is 9.84. The zero-order valence-corrected chi connectivity index (χ0v) is 24.2. The average Bonchev–Trinajstić information content (AvgIpc) is 3.39. The van der Waals surface area contributed by atoms with Crippen molar-refractivity contribution in [2.75, 3.05) is 35.9 Å². The normalized spacial score (nSPS) is 16.6. The van der Waals surface area contributed by atoms with Gasteiger partial charge in [0.2, 0.25) is 5.91 Å². The van der Waals surface area contributed by atoms with E-state index in [-0.39, 0.29) is 11.7 Å². The molecule has 218 valence electrons. The molecule has 5 rings (SSSR count). The number of halogens is 1. The van der Waals surface area contributed by atoms with Crippen molar-refractivity contribution in [3.05, 3.63) is 78.1 Å². The number of benzene rings is 3. The van der Waals surface area contributed by atoms with Crippen LogP contribution in [0, 0.1) is 11.7 Å². The number of methoxy groups -OCH3 is 1.